The van der Waals surface area contributed by atoms with Crippen LogP contribution in [0.4, 0.5) is 34.9 Å². The normalized spacial score (nSPS) is 20.7. The van der Waals surface area contributed by atoms with E-state index in [1.54, 1.807) is 24.3 Å². The lowest BCUT2D eigenvalue weighted by Crippen LogP contribution is -2.38. The second-order valence-corrected chi connectivity index (χ2v) is 10.9. The van der Waals surface area contributed by atoms with Crippen molar-refractivity contribution in [3.8, 4) is 0 Å². The third-order valence-corrected chi connectivity index (χ3v) is 8.29. The minimum absolute atomic E-state index is 0.0212. The topological polar surface area (TPSA) is 159 Å². The lowest BCUT2D eigenvalue weighted by Gasteiger charge is -2.35. The van der Waals surface area contributed by atoms with Crippen LogP contribution >= 0.6 is 0 Å². The van der Waals surface area contributed by atoms with Gasteiger partial charge in [-0.15, -0.1) is 0 Å². The number of rotatable bonds is 2. The molecule has 0 radical (unpaired) electrons. The van der Waals surface area contributed by atoms with Crippen molar-refractivity contribution >= 4 is 46.7 Å². The Kier molecular flexibility index (Phi) is 8.27. The lowest BCUT2D eigenvalue weighted by atomic mass is 9.94. The molecule has 5 N–H and O–H groups in total. The minimum atomic E-state index is 0.0212. The Bertz CT molecular complexity index is 1180. The van der Waals surface area contributed by atoms with Gasteiger partial charge in [0.2, 0.25) is 23.7 Å². The second-order valence-electron chi connectivity index (χ2n) is 10.9. The quantitative estimate of drug-likeness (QED) is 0.520. The molecule has 210 valence electrons. The van der Waals surface area contributed by atoms with Gasteiger partial charge in [0.25, 0.3) is 0 Å². The Balaban J connectivity index is 0.000000158. The van der Waals surface area contributed by atoms with Gasteiger partial charge in [-0.1, -0.05) is 38.5 Å². The Morgan fingerprint density at radius 3 is 1.95 bits per heavy atom. The van der Waals surface area contributed by atoms with Crippen molar-refractivity contribution in [3.05, 3.63) is 12.4 Å². The third kappa shape index (κ3) is 6.15. The molecule has 2 aliphatic heterocycles. The Hall–Kier alpha value is -3.70. The summed E-state index contributed by atoms with van der Waals surface area (Å²) in [6, 6.07) is 0.936. The zero-order valence-electron chi connectivity index (χ0n) is 22.8. The van der Waals surface area contributed by atoms with Crippen molar-refractivity contribution in [2.24, 2.45) is 0 Å². The van der Waals surface area contributed by atoms with E-state index in [2.05, 4.69) is 35.1 Å². The van der Waals surface area contributed by atoms with Gasteiger partial charge in [0.05, 0.1) is 12.4 Å². The van der Waals surface area contributed by atoms with E-state index in [9.17, 15) is 9.59 Å². The highest BCUT2D eigenvalue weighted by atomic mass is 16.2. The molecular formula is C27H40N10O2. The van der Waals surface area contributed by atoms with Crippen LogP contribution < -0.4 is 31.5 Å². The van der Waals surface area contributed by atoms with Gasteiger partial charge in [-0.25, -0.2) is 9.97 Å². The number of amides is 2. The fourth-order valence-electron chi connectivity index (χ4n) is 6.18. The largest absolute Gasteiger partial charge is 0.368 e. The zero-order valence-corrected chi connectivity index (χ0v) is 22.8. The summed E-state index contributed by atoms with van der Waals surface area (Å²) in [5.74, 6) is 2.26. The van der Waals surface area contributed by atoms with E-state index < -0.39 is 0 Å². The van der Waals surface area contributed by atoms with Gasteiger partial charge in [0.15, 0.2) is 11.6 Å². The molecule has 2 aromatic heterocycles. The molecule has 39 heavy (non-hydrogen) atoms. The molecule has 4 aliphatic rings. The Labute approximate surface area is 229 Å². The molecule has 2 aromatic rings. The van der Waals surface area contributed by atoms with Crippen LogP contribution in [0.2, 0.25) is 0 Å². The van der Waals surface area contributed by atoms with E-state index in [-0.39, 0.29) is 23.7 Å². The van der Waals surface area contributed by atoms with E-state index in [0.717, 1.165) is 36.7 Å². The van der Waals surface area contributed by atoms with Crippen molar-refractivity contribution in [3.63, 3.8) is 0 Å². The fraction of sp³-hybridized carbons (Fsp3) is 0.630. The van der Waals surface area contributed by atoms with E-state index in [0.29, 0.717) is 37.2 Å². The molecule has 2 saturated carbocycles. The molecule has 4 heterocycles. The molecule has 0 spiro atoms. The van der Waals surface area contributed by atoms with Gasteiger partial charge >= 0.3 is 0 Å². The number of nitrogen functional groups attached to an aromatic ring is 2. The number of aromatic nitrogens is 4. The summed E-state index contributed by atoms with van der Waals surface area (Å²) < 4.78 is 0. The maximum absolute atomic E-state index is 12.1. The van der Waals surface area contributed by atoms with E-state index in [4.69, 9.17) is 11.5 Å². The minimum Gasteiger partial charge on any atom is -0.368 e. The average Bonchev–Trinajstić information content (AvgIpc) is 3.19. The molecular weight excluding hydrogens is 496 g/mol. The molecule has 2 fully saturated rings. The first kappa shape index (κ1) is 26.9. The van der Waals surface area contributed by atoms with Crippen LogP contribution in [0.1, 0.15) is 77.0 Å². The summed E-state index contributed by atoms with van der Waals surface area (Å²) in [6.07, 6.45) is 16.6. The average molecular weight is 537 g/mol. The highest BCUT2D eigenvalue weighted by molar-refractivity contribution is 5.97. The molecule has 0 unspecified atom stereocenters. The van der Waals surface area contributed by atoms with Crippen molar-refractivity contribution in [1.82, 2.24) is 19.9 Å². The monoisotopic (exact) mass is 536 g/mol. The predicted octanol–water partition coefficient (Wildman–Crippen LogP) is 3.10. The first-order valence-corrected chi connectivity index (χ1v) is 14.3. The van der Waals surface area contributed by atoms with Crippen LogP contribution in [0.25, 0.3) is 0 Å². The number of hydrogen-bond acceptors (Lipinski definition) is 10. The van der Waals surface area contributed by atoms with Crippen LogP contribution in [0, 0.1) is 0 Å². The molecule has 0 aromatic carbocycles. The first-order valence-electron chi connectivity index (χ1n) is 14.3. The lowest BCUT2D eigenvalue weighted by molar-refractivity contribution is -0.118. The SMILES string of the molecule is CN1C(=O)CCN(C2CCCCC2)c2nc(N)ncc21.Nc1ncc2c(n1)N(C1CCCCC1)CCC(=O)N2. The molecule has 2 amide bonds. The Morgan fingerprint density at radius 2 is 1.31 bits per heavy atom. The summed E-state index contributed by atoms with van der Waals surface area (Å²) in [4.78, 5) is 46.8. The predicted molar refractivity (Wildman–Crippen MR) is 153 cm³/mol. The van der Waals surface area contributed by atoms with Crippen molar-refractivity contribution < 1.29 is 9.59 Å². The maximum atomic E-state index is 12.1. The number of fused-ring (bicyclic) bond motifs is 2. The number of carbonyl (C=O) groups excluding carboxylic acids is 2. The second kappa shape index (κ2) is 12.0. The fourth-order valence-corrected chi connectivity index (χ4v) is 6.18. The van der Waals surface area contributed by atoms with Gasteiger partial charge in [-0.05, 0) is 25.7 Å². The molecule has 0 atom stereocenters. The summed E-state index contributed by atoms with van der Waals surface area (Å²) in [6.45, 7) is 1.43. The highest BCUT2D eigenvalue weighted by Crippen LogP contribution is 2.35. The standard InChI is InChI=1S/C14H21N5O.C13H19N5O/c1-18-11-9-16-14(15)17-13(11)19(8-7-12(18)20)10-5-3-2-4-6-10;14-13-15-8-10-12(17-13)18(7-6-11(19)16-10)9-4-2-1-3-5-9/h9-10H,2-8H2,1H3,(H2,15,16,17);8-9H,1-7H2,(H,16,19)(H2,14,15,17). The summed E-state index contributed by atoms with van der Waals surface area (Å²) >= 11 is 0. The number of carbonyl (C=O) groups is 2. The molecule has 0 saturated heterocycles. The highest BCUT2D eigenvalue weighted by Gasteiger charge is 2.31. The van der Waals surface area contributed by atoms with E-state index >= 15 is 0 Å². The van der Waals surface area contributed by atoms with Gasteiger partial charge in [0, 0.05) is 45.1 Å². The number of anilines is 6. The number of nitrogens with one attached hydrogen (secondary N) is 1. The van der Waals surface area contributed by atoms with Gasteiger partial charge in [-0.3, -0.25) is 9.59 Å². The van der Waals surface area contributed by atoms with Crippen LogP contribution in [0.5, 0.6) is 0 Å². The Morgan fingerprint density at radius 1 is 0.769 bits per heavy atom. The first-order chi connectivity index (χ1) is 18.9. The molecule has 0 bridgehead atoms. The maximum Gasteiger partial charge on any atom is 0.228 e. The van der Waals surface area contributed by atoms with Crippen LogP contribution in [0.15, 0.2) is 12.4 Å². The van der Waals surface area contributed by atoms with Gasteiger partial charge < -0.3 is 31.5 Å². The molecule has 6 rings (SSSR count). The van der Waals surface area contributed by atoms with Crippen LogP contribution in [-0.4, -0.2) is 64.0 Å². The zero-order chi connectivity index (χ0) is 27.4. The summed E-state index contributed by atoms with van der Waals surface area (Å²) in [5, 5.41) is 2.86. The smallest absolute Gasteiger partial charge is 0.228 e. The summed E-state index contributed by atoms with van der Waals surface area (Å²) in [5.41, 5.74) is 12.9. The number of nitrogens with zero attached hydrogens (tertiary/aromatic N) is 7. The molecule has 12 nitrogen and oxygen atoms in total. The third-order valence-electron chi connectivity index (χ3n) is 8.29. The molecule has 2 aliphatic carbocycles. The summed E-state index contributed by atoms with van der Waals surface area (Å²) in [7, 11) is 1.78. The van der Waals surface area contributed by atoms with Crippen LogP contribution in [-0.2, 0) is 9.59 Å². The van der Waals surface area contributed by atoms with Crippen molar-refractivity contribution in [1.29, 1.82) is 0 Å². The van der Waals surface area contributed by atoms with Crippen LogP contribution in [0.3, 0.4) is 0 Å². The number of hydrogen-bond donors (Lipinski definition) is 3. The van der Waals surface area contributed by atoms with Gasteiger partial charge in [0.1, 0.15) is 11.4 Å². The van der Waals surface area contributed by atoms with E-state index in [1.165, 1.54) is 51.4 Å². The van der Waals surface area contributed by atoms with Crippen molar-refractivity contribution in [2.45, 2.75) is 89.1 Å². The van der Waals surface area contributed by atoms with Gasteiger partial charge in [-0.2, -0.15) is 9.97 Å². The molecule has 12 heteroatoms. The van der Waals surface area contributed by atoms with Crippen molar-refractivity contribution in [2.75, 3.05) is 51.6 Å². The number of nitrogens with two attached hydrogens (primary N) is 2. The van der Waals surface area contributed by atoms with E-state index in [1.807, 2.05) is 0 Å².